The number of nitrogens with zero attached hydrogens (tertiary/aromatic N) is 4. The molecule has 0 aliphatic carbocycles. The van der Waals surface area contributed by atoms with Gasteiger partial charge in [-0.15, -0.1) is 0 Å². The van der Waals surface area contributed by atoms with E-state index >= 15 is 0 Å². The quantitative estimate of drug-likeness (QED) is 0.566. The van der Waals surface area contributed by atoms with E-state index in [1.54, 1.807) is 43.5 Å². The summed E-state index contributed by atoms with van der Waals surface area (Å²) in [5.74, 6) is -1.50. The maximum absolute atomic E-state index is 13.3. The Kier molecular flexibility index (Phi) is 4.74. The van der Waals surface area contributed by atoms with Gasteiger partial charge < -0.3 is 20.2 Å². The Labute approximate surface area is 183 Å². The third kappa shape index (κ3) is 2.45. The Balaban J connectivity index is 2.00. The molecule has 1 aromatic carbocycles. The number of quaternary nitrogens is 1. The van der Waals surface area contributed by atoms with Crippen LogP contribution in [-0.4, -0.2) is 62.5 Å². The highest BCUT2D eigenvalue weighted by molar-refractivity contribution is 6.07. The van der Waals surface area contributed by atoms with Crippen LogP contribution in [0.15, 0.2) is 42.6 Å². The summed E-state index contributed by atoms with van der Waals surface area (Å²) >= 11 is 0. The van der Waals surface area contributed by atoms with Crippen LogP contribution in [0.4, 0.5) is 26.7 Å². The molecule has 0 spiro atoms. The summed E-state index contributed by atoms with van der Waals surface area (Å²) in [4.78, 5) is 52.2. The minimum absolute atomic E-state index is 0.0613. The van der Waals surface area contributed by atoms with Gasteiger partial charge in [0, 0.05) is 25.2 Å². The van der Waals surface area contributed by atoms with Crippen molar-refractivity contribution >= 4 is 41.0 Å². The Bertz CT molecular complexity index is 1100. The monoisotopic (exact) mass is 443 g/mol. The van der Waals surface area contributed by atoms with Crippen LogP contribution in [0.25, 0.3) is 0 Å². The second-order valence-corrected chi connectivity index (χ2v) is 7.81. The van der Waals surface area contributed by atoms with E-state index in [1.165, 1.54) is 22.9 Å². The van der Waals surface area contributed by atoms with Crippen molar-refractivity contribution in [1.29, 1.82) is 0 Å². The van der Waals surface area contributed by atoms with Gasteiger partial charge in [-0.2, -0.15) is 9.80 Å². The SMILES string of the molecule is CCC1N(C(=O)O)c2ccc3cc2[N+]1(C(=O)O)N3C1(C(C)=O)C=CC=CN1CCC(=O)O. The highest BCUT2D eigenvalue weighted by Gasteiger charge is 2.71. The van der Waals surface area contributed by atoms with Crippen LogP contribution in [0.1, 0.15) is 26.7 Å². The maximum atomic E-state index is 13.3. The van der Waals surface area contributed by atoms with Crippen molar-refractivity contribution in [3.8, 4) is 0 Å². The molecule has 2 bridgehead atoms. The number of hydrogen-bond acceptors (Lipinski definition) is 6. The Morgan fingerprint density at radius 2 is 1.84 bits per heavy atom. The average Bonchev–Trinajstić information content (AvgIpc) is 3.17. The lowest BCUT2D eigenvalue weighted by atomic mass is 9.98. The summed E-state index contributed by atoms with van der Waals surface area (Å²) in [7, 11) is 0. The van der Waals surface area contributed by atoms with E-state index in [-0.39, 0.29) is 30.8 Å². The summed E-state index contributed by atoms with van der Waals surface area (Å²) in [5.41, 5.74) is -0.780. The van der Waals surface area contributed by atoms with Gasteiger partial charge in [0.25, 0.3) is 0 Å². The van der Waals surface area contributed by atoms with Crippen LogP contribution in [-0.2, 0) is 9.59 Å². The van der Waals surface area contributed by atoms with Crippen molar-refractivity contribution in [3.05, 3.63) is 42.6 Å². The first-order valence-corrected chi connectivity index (χ1v) is 10.1. The van der Waals surface area contributed by atoms with E-state index < -0.39 is 40.4 Å². The standard InChI is InChI=1S/C21H22N4O7/c1-3-17-23(19(29)30)15-7-6-14-12-16(15)25(17,20(31)32)24(14)21(13(2)26)9-4-5-10-22(21)11-8-18(27)28/h4-7,9-10,12,17H,3,8,11H2,1-2H3,(H2-,27,28,29,30,31,32)/p+1. The minimum Gasteiger partial charge on any atom is -0.481 e. The van der Waals surface area contributed by atoms with Crippen LogP contribution in [0.5, 0.6) is 0 Å². The normalized spacial score (nSPS) is 27.2. The number of carboxylic acid groups (broad SMARTS) is 3. The fourth-order valence-electron chi connectivity index (χ4n) is 5.14. The van der Waals surface area contributed by atoms with Crippen molar-refractivity contribution in [2.75, 3.05) is 16.5 Å². The number of Topliss-reactive ketones (excluding diaryl/α,β-unsaturated/α-hetero) is 1. The fraction of sp³-hybridized carbons (Fsp3) is 0.333. The first kappa shape index (κ1) is 21.4. The molecule has 2 amide bonds. The van der Waals surface area contributed by atoms with Gasteiger partial charge in [0.1, 0.15) is 5.69 Å². The molecule has 3 aliphatic heterocycles. The van der Waals surface area contributed by atoms with Crippen LogP contribution < -0.4 is 14.5 Å². The first-order chi connectivity index (χ1) is 15.1. The zero-order chi connectivity index (χ0) is 23.4. The highest BCUT2D eigenvalue weighted by Crippen LogP contribution is 2.57. The van der Waals surface area contributed by atoms with E-state index in [9.17, 15) is 34.5 Å². The number of benzene rings is 1. The third-order valence-electron chi connectivity index (χ3n) is 6.29. The van der Waals surface area contributed by atoms with Gasteiger partial charge in [0.15, 0.2) is 11.5 Å². The Morgan fingerprint density at radius 3 is 2.41 bits per heavy atom. The van der Waals surface area contributed by atoms with E-state index in [0.717, 1.165) is 4.90 Å². The topological polar surface area (TPSA) is 139 Å². The molecule has 3 N–H and O–H groups in total. The van der Waals surface area contributed by atoms with E-state index in [1.807, 2.05) is 0 Å². The molecule has 3 aliphatic rings. The van der Waals surface area contributed by atoms with Crippen molar-refractivity contribution in [1.82, 2.24) is 9.49 Å². The summed E-state index contributed by atoms with van der Waals surface area (Å²) < 4.78 is -0.929. The lowest BCUT2D eigenvalue weighted by Gasteiger charge is -2.52. The van der Waals surface area contributed by atoms with Crippen LogP contribution >= 0.6 is 0 Å². The Hall–Kier alpha value is -3.86. The number of fused-ring (bicyclic) bond motifs is 1. The molecular weight excluding hydrogens is 420 g/mol. The summed E-state index contributed by atoms with van der Waals surface area (Å²) in [5, 5.41) is 31.1. The number of carbonyl (C=O) groups excluding carboxylic acids is 1. The number of rotatable bonds is 6. The van der Waals surface area contributed by atoms with Gasteiger partial charge in [-0.1, -0.05) is 17.6 Å². The summed E-state index contributed by atoms with van der Waals surface area (Å²) in [6.07, 6.45) is 2.49. The van der Waals surface area contributed by atoms with Gasteiger partial charge in [-0.25, -0.2) is 9.69 Å². The largest absolute Gasteiger partial charge is 0.546 e. The Morgan fingerprint density at radius 1 is 1.12 bits per heavy atom. The number of carbonyl (C=O) groups is 4. The van der Waals surface area contributed by atoms with Gasteiger partial charge in [-0.3, -0.25) is 9.59 Å². The number of anilines is 2. The van der Waals surface area contributed by atoms with Gasteiger partial charge in [-0.05, 0) is 31.2 Å². The molecule has 32 heavy (non-hydrogen) atoms. The molecule has 0 saturated carbocycles. The van der Waals surface area contributed by atoms with E-state index in [0.29, 0.717) is 5.69 Å². The van der Waals surface area contributed by atoms with Gasteiger partial charge in [0.05, 0.1) is 12.1 Å². The second-order valence-electron chi connectivity index (χ2n) is 7.81. The predicted molar refractivity (Wildman–Crippen MR) is 114 cm³/mol. The third-order valence-corrected chi connectivity index (χ3v) is 6.29. The number of carboxylic acids is 1. The molecule has 0 radical (unpaired) electrons. The van der Waals surface area contributed by atoms with E-state index in [4.69, 9.17) is 0 Å². The van der Waals surface area contributed by atoms with Crippen molar-refractivity contribution in [2.45, 2.75) is 38.5 Å². The molecule has 168 valence electrons. The summed E-state index contributed by atoms with van der Waals surface area (Å²) in [6, 6.07) is 4.71. The molecule has 3 heterocycles. The van der Waals surface area contributed by atoms with Crippen molar-refractivity contribution in [2.24, 2.45) is 0 Å². The van der Waals surface area contributed by atoms with Gasteiger partial charge in [0.2, 0.25) is 11.8 Å². The average molecular weight is 443 g/mol. The van der Waals surface area contributed by atoms with Crippen LogP contribution in [0.2, 0.25) is 0 Å². The highest BCUT2D eigenvalue weighted by atomic mass is 16.4. The summed E-state index contributed by atoms with van der Waals surface area (Å²) in [6.45, 7) is 2.93. The van der Waals surface area contributed by atoms with Crippen molar-refractivity contribution < 1.29 is 34.5 Å². The molecule has 3 atom stereocenters. The molecule has 0 aromatic heterocycles. The first-order valence-electron chi connectivity index (χ1n) is 10.1. The minimum atomic E-state index is -1.68. The molecule has 4 rings (SSSR count). The number of aliphatic carboxylic acids is 1. The lowest BCUT2D eigenvalue weighted by molar-refractivity contribution is -0.138. The number of hydrogen-bond donors (Lipinski definition) is 3. The smallest absolute Gasteiger partial charge is 0.481 e. The molecule has 0 fully saturated rings. The van der Waals surface area contributed by atoms with Crippen LogP contribution in [0.3, 0.4) is 0 Å². The van der Waals surface area contributed by atoms with E-state index in [2.05, 4.69) is 0 Å². The maximum Gasteiger partial charge on any atom is 0.546 e. The molecule has 0 saturated heterocycles. The molecular formula is C21H23N4O7+. The molecule has 3 unspecified atom stereocenters. The van der Waals surface area contributed by atoms with Crippen molar-refractivity contribution in [3.63, 3.8) is 0 Å². The second kappa shape index (κ2) is 7.09. The zero-order valence-electron chi connectivity index (χ0n) is 17.5. The number of amides is 2. The fourth-order valence-corrected chi connectivity index (χ4v) is 5.14. The number of allylic oxidation sites excluding steroid dienone is 2. The van der Waals surface area contributed by atoms with Gasteiger partial charge >= 0.3 is 18.2 Å². The number of ketones is 1. The predicted octanol–water partition coefficient (Wildman–Crippen LogP) is 2.79. The van der Waals surface area contributed by atoms with Crippen LogP contribution in [0, 0.1) is 0 Å². The lowest BCUT2D eigenvalue weighted by Crippen LogP contribution is -2.79. The molecule has 11 nitrogen and oxygen atoms in total. The molecule has 1 aromatic rings. The molecule has 11 heteroatoms. The zero-order valence-corrected chi connectivity index (χ0v) is 17.5.